The lowest BCUT2D eigenvalue weighted by Gasteiger charge is -2.42. The maximum absolute atomic E-state index is 14.4. The van der Waals surface area contributed by atoms with Gasteiger partial charge in [0.05, 0.1) is 43.1 Å². The van der Waals surface area contributed by atoms with Gasteiger partial charge >= 0.3 is 5.97 Å². The number of allylic oxidation sites excluding steroid dienone is 3. The van der Waals surface area contributed by atoms with E-state index >= 15 is 0 Å². The van der Waals surface area contributed by atoms with Crippen LogP contribution in [0, 0.1) is 17.8 Å². The Morgan fingerprint density at radius 3 is 2.57 bits per heavy atom. The summed E-state index contributed by atoms with van der Waals surface area (Å²) in [6.45, 7) is 5.47. The van der Waals surface area contributed by atoms with Gasteiger partial charge in [-0.1, -0.05) is 5.57 Å². The fourth-order valence-electron chi connectivity index (χ4n) is 10.4. The molecule has 1 aliphatic carbocycles. The number of methoxy groups -OCH3 is 1. The number of aryl methyl sites for hydroxylation is 1. The first-order valence-corrected chi connectivity index (χ1v) is 21.7. The van der Waals surface area contributed by atoms with E-state index in [4.69, 9.17) is 23.7 Å². The Balaban J connectivity index is 1.31. The number of ketones is 1. The van der Waals surface area contributed by atoms with Crippen molar-refractivity contribution in [1.29, 1.82) is 0 Å². The molecule has 3 aromatic rings. The number of ether oxygens (including phenoxy) is 5. The fraction of sp³-hybridized carbons (Fsp3) is 0.553. The number of fused-ring (bicyclic) bond motifs is 7. The molecule has 0 amide bonds. The van der Waals surface area contributed by atoms with Crippen LogP contribution >= 0.6 is 0 Å². The molecular weight excluding hydrogens is 785 g/mol. The molecule has 5 unspecified atom stereocenters. The highest BCUT2D eigenvalue weighted by molar-refractivity contribution is 6.11. The van der Waals surface area contributed by atoms with E-state index < -0.39 is 42.7 Å². The number of hydrogen-bond donors (Lipinski definition) is 5. The number of nitrogens with one attached hydrogen (secondary N) is 1. The maximum Gasteiger partial charge on any atom is 0.375 e. The van der Waals surface area contributed by atoms with Crippen LogP contribution in [0.25, 0.3) is 16.5 Å². The third-order valence-corrected chi connectivity index (χ3v) is 13.8. The van der Waals surface area contributed by atoms with Crippen molar-refractivity contribution < 1.29 is 58.5 Å². The van der Waals surface area contributed by atoms with Gasteiger partial charge in [0.2, 0.25) is 5.76 Å². The van der Waals surface area contributed by atoms with E-state index in [1.54, 1.807) is 21.0 Å². The Morgan fingerprint density at radius 1 is 1.07 bits per heavy atom. The van der Waals surface area contributed by atoms with Crippen LogP contribution in [0.3, 0.4) is 0 Å². The Hall–Kier alpha value is -4.57. The number of carbonyl (C=O) groups excluding carboxylic acids is 3. The van der Waals surface area contributed by atoms with E-state index in [2.05, 4.69) is 9.88 Å². The average molecular weight is 843 g/mol. The van der Waals surface area contributed by atoms with Gasteiger partial charge in [0.1, 0.15) is 34.7 Å². The minimum atomic E-state index is -1.31. The van der Waals surface area contributed by atoms with Crippen LogP contribution in [0.1, 0.15) is 86.1 Å². The quantitative estimate of drug-likeness (QED) is 0.0984. The van der Waals surface area contributed by atoms with Crippen LogP contribution in [0.4, 0.5) is 0 Å². The van der Waals surface area contributed by atoms with Gasteiger partial charge in [0.25, 0.3) is 0 Å². The van der Waals surface area contributed by atoms with Crippen molar-refractivity contribution in [3.05, 3.63) is 69.1 Å². The number of piperidine rings is 1. The second kappa shape index (κ2) is 18.0. The molecule has 2 fully saturated rings. The molecule has 5 N–H and O–H groups in total. The van der Waals surface area contributed by atoms with E-state index in [1.165, 1.54) is 0 Å². The maximum atomic E-state index is 14.4. The van der Waals surface area contributed by atoms with Crippen molar-refractivity contribution in [2.75, 3.05) is 59.8 Å². The number of benzene rings is 2. The van der Waals surface area contributed by atoms with Gasteiger partial charge in [-0.05, 0) is 113 Å². The first-order valence-electron chi connectivity index (χ1n) is 21.7. The number of carbonyl (C=O) groups is 3. The van der Waals surface area contributed by atoms with Gasteiger partial charge in [0.15, 0.2) is 6.29 Å². The summed E-state index contributed by atoms with van der Waals surface area (Å²) in [5.41, 5.74) is 3.22. The largest absolute Gasteiger partial charge is 0.492 e. The summed E-state index contributed by atoms with van der Waals surface area (Å²) >= 11 is 0. The molecule has 0 spiro atoms. The number of aliphatic hydroxyl groups excluding tert-OH is 3. The number of aliphatic hydroxyl groups is 4. The van der Waals surface area contributed by atoms with Crippen LogP contribution in [-0.2, 0) is 43.3 Å². The van der Waals surface area contributed by atoms with Gasteiger partial charge in [-0.25, -0.2) is 4.79 Å². The summed E-state index contributed by atoms with van der Waals surface area (Å²) < 4.78 is 30.7. The van der Waals surface area contributed by atoms with Crippen molar-refractivity contribution in [2.24, 2.45) is 17.8 Å². The summed E-state index contributed by atoms with van der Waals surface area (Å²) in [7, 11) is 1.70. The number of Topliss-reactive ketones (excluding diaryl/α,β-unsaturated/α-hetero) is 1. The molecule has 1 aromatic heterocycles. The topological polar surface area (TPSA) is 197 Å². The molecular formula is C47H58N2O12. The van der Waals surface area contributed by atoms with Crippen molar-refractivity contribution in [3.8, 4) is 17.2 Å². The van der Waals surface area contributed by atoms with Crippen LogP contribution in [0.5, 0.6) is 17.2 Å². The van der Waals surface area contributed by atoms with E-state index in [0.717, 1.165) is 60.9 Å². The standard InChI is InChI=1S/C47H58N2O12/c1-4-58-46(55)45-35(23-52)39-29-16-30(22-51)41(54)33(18-29)32-17-28-8-11-48-37(28)19-27(32)7-6-26(21-50)25-59-43-34-20-38(60-42(34)36(24-53)44(61-45)40(39)43)47(2,56)31-9-13-49(14-10-31)12-5-15-57-3/h8,11,17,19,23,26,30-31,33,38,48,50-51,53,56H,4-7,9-10,12-16,18,20-22,24-25H2,1-3H3. The predicted molar refractivity (Wildman–Crippen MR) is 224 cm³/mol. The monoisotopic (exact) mass is 842 g/mol. The van der Waals surface area contributed by atoms with E-state index in [0.29, 0.717) is 48.0 Å². The molecule has 1 saturated carbocycles. The zero-order chi connectivity index (χ0) is 43.0. The minimum absolute atomic E-state index is 0.00985. The van der Waals surface area contributed by atoms with Crippen molar-refractivity contribution in [2.45, 2.75) is 89.4 Å². The number of hydrogen-bond acceptors (Lipinski definition) is 13. The Kier molecular flexibility index (Phi) is 12.7. The van der Waals surface area contributed by atoms with Crippen LogP contribution in [0.15, 0.2) is 41.3 Å². The second-order valence-corrected chi connectivity index (χ2v) is 17.4. The number of esters is 1. The molecule has 4 aliphatic heterocycles. The highest BCUT2D eigenvalue weighted by atomic mass is 16.6. The minimum Gasteiger partial charge on any atom is -0.492 e. The van der Waals surface area contributed by atoms with Crippen LogP contribution < -0.4 is 14.2 Å². The molecule has 0 radical (unpaired) electrons. The number of aromatic amines is 1. The molecule has 2 aromatic carbocycles. The first-order chi connectivity index (χ1) is 29.6. The summed E-state index contributed by atoms with van der Waals surface area (Å²) in [6.07, 6.45) is 5.52. The van der Waals surface area contributed by atoms with E-state index in [9.17, 15) is 34.8 Å². The van der Waals surface area contributed by atoms with Gasteiger partial charge in [-0.2, -0.15) is 0 Å². The molecule has 14 heteroatoms. The number of likely N-dealkylation sites (tertiary alicyclic amines) is 1. The molecule has 14 nitrogen and oxygen atoms in total. The molecule has 328 valence electrons. The normalized spacial score (nSPS) is 24.3. The molecule has 8 rings (SSSR count). The first kappa shape index (κ1) is 43.1. The Labute approximate surface area is 355 Å². The number of aldehydes is 1. The van der Waals surface area contributed by atoms with Crippen LogP contribution in [0.2, 0.25) is 0 Å². The fourth-order valence-corrected chi connectivity index (χ4v) is 10.4. The van der Waals surface area contributed by atoms with E-state index in [-0.39, 0.29) is 90.8 Å². The summed E-state index contributed by atoms with van der Waals surface area (Å²) in [5, 5.41) is 46.1. The predicted octanol–water partition coefficient (Wildman–Crippen LogP) is 4.31. The van der Waals surface area contributed by atoms with Crippen molar-refractivity contribution in [1.82, 2.24) is 9.88 Å². The lowest BCUT2D eigenvalue weighted by molar-refractivity contribution is -0.141. The number of H-pyrrole nitrogens is 1. The molecule has 5 aliphatic rings. The summed E-state index contributed by atoms with van der Waals surface area (Å²) in [6, 6.07) is 5.98. The third-order valence-electron chi connectivity index (χ3n) is 13.8. The zero-order valence-electron chi connectivity index (χ0n) is 35.3. The number of rotatable bonds is 12. The van der Waals surface area contributed by atoms with Crippen LogP contribution in [-0.4, -0.2) is 120 Å². The van der Waals surface area contributed by atoms with Gasteiger partial charge in [0, 0.05) is 73.9 Å². The van der Waals surface area contributed by atoms with Gasteiger partial charge in [-0.15, -0.1) is 0 Å². The molecule has 2 bridgehead atoms. The Bertz CT molecular complexity index is 2230. The van der Waals surface area contributed by atoms with E-state index in [1.807, 2.05) is 24.4 Å². The number of aromatic nitrogens is 1. The number of nitrogens with zero attached hydrogens (tertiary/aromatic N) is 1. The smallest absolute Gasteiger partial charge is 0.375 e. The SMILES string of the molecule is CCOC(=O)C1=C(C=O)C2=C3CC(CO)C(=O)C(C3)c3cc4cc[nH]c4cc3CCC(CO)COc3c4c(c(CO)c(c32)O1)OC(C(C)(O)C1CCN(CCCOC)CC1)C4. The second-order valence-electron chi connectivity index (χ2n) is 17.4. The molecule has 1 saturated heterocycles. The summed E-state index contributed by atoms with van der Waals surface area (Å²) in [4.78, 5) is 47.3. The van der Waals surface area contributed by atoms with Gasteiger partial charge in [-0.3, -0.25) is 9.59 Å². The third kappa shape index (κ3) is 7.91. The Morgan fingerprint density at radius 2 is 1.87 bits per heavy atom. The lowest BCUT2D eigenvalue weighted by Crippen LogP contribution is -2.52. The molecule has 61 heavy (non-hydrogen) atoms. The average Bonchev–Trinajstić information content (AvgIpc) is 3.93. The van der Waals surface area contributed by atoms with Crippen molar-refractivity contribution >= 4 is 34.5 Å². The highest BCUT2D eigenvalue weighted by Gasteiger charge is 2.49. The highest BCUT2D eigenvalue weighted by Crippen LogP contribution is 2.57. The van der Waals surface area contributed by atoms with Crippen molar-refractivity contribution in [3.63, 3.8) is 0 Å². The van der Waals surface area contributed by atoms with Gasteiger partial charge < -0.3 is 54.0 Å². The molecule has 5 atom stereocenters. The summed E-state index contributed by atoms with van der Waals surface area (Å²) in [5.74, 6) is -2.84. The lowest BCUT2D eigenvalue weighted by atomic mass is 9.70. The molecule has 5 heterocycles. The zero-order valence-corrected chi connectivity index (χ0v) is 35.3.